The predicted molar refractivity (Wildman–Crippen MR) is 106 cm³/mol. The van der Waals surface area contributed by atoms with Crippen molar-refractivity contribution in [3.05, 3.63) is 88.3 Å². The Morgan fingerprint density at radius 1 is 1.07 bits per heavy atom. The number of amides is 1. The first-order valence-electron chi connectivity index (χ1n) is 8.54. The Kier molecular flexibility index (Phi) is 5.68. The van der Waals surface area contributed by atoms with Crippen molar-refractivity contribution in [3.63, 3.8) is 0 Å². The lowest BCUT2D eigenvalue weighted by molar-refractivity contribution is 0.187. The van der Waals surface area contributed by atoms with Crippen molar-refractivity contribution in [2.75, 3.05) is 12.4 Å². The van der Waals surface area contributed by atoms with E-state index in [-0.39, 0.29) is 11.6 Å². The highest BCUT2D eigenvalue weighted by Gasteiger charge is 2.11. The fourth-order valence-electron chi connectivity index (χ4n) is 2.82. The van der Waals surface area contributed by atoms with Crippen LogP contribution in [-0.2, 0) is 11.2 Å². The van der Waals surface area contributed by atoms with E-state index in [2.05, 4.69) is 15.0 Å². The van der Waals surface area contributed by atoms with Crippen LogP contribution in [0.1, 0.15) is 17.3 Å². The zero-order valence-corrected chi connectivity index (χ0v) is 14.9. The lowest BCUT2D eigenvalue weighted by atomic mass is 10.00. The number of rotatable bonds is 5. The molecule has 3 aromatic rings. The monoisotopic (exact) mass is 363 g/mol. The molecule has 2 aromatic carbocycles. The van der Waals surface area contributed by atoms with Crippen LogP contribution in [0, 0.1) is 0 Å². The summed E-state index contributed by atoms with van der Waals surface area (Å²) in [5.41, 5.74) is 10.1. The van der Waals surface area contributed by atoms with Crippen LogP contribution in [0.4, 0.5) is 10.5 Å². The number of carbonyl (C=O) groups excluding carboxylic acids is 1. The summed E-state index contributed by atoms with van der Waals surface area (Å²) < 4.78 is 4.57. The molecule has 27 heavy (non-hydrogen) atoms. The third-order valence-electron chi connectivity index (χ3n) is 4.21. The number of benzene rings is 2. The summed E-state index contributed by atoms with van der Waals surface area (Å²) in [7, 11) is 1.31. The van der Waals surface area contributed by atoms with E-state index in [1.807, 2.05) is 48.5 Å². The summed E-state index contributed by atoms with van der Waals surface area (Å²) in [6, 6.07) is 20.1. The van der Waals surface area contributed by atoms with E-state index in [0.717, 1.165) is 16.7 Å². The molecule has 3 rings (SSSR count). The van der Waals surface area contributed by atoms with Crippen LogP contribution in [0.25, 0.3) is 11.1 Å². The minimum absolute atomic E-state index is 0.206. The van der Waals surface area contributed by atoms with Gasteiger partial charge in [-0.1, -0.05) is 42.5 Å². The summed E-state index contributed by atoms with van der Waals surface area (Å²) in [5.74, 6) is 0. The van der Waals surface area contributed by atoms with Crippen LogP contribution < -0.4 is 16.6 Å². The molecule has 0 aliphatic rings. The molecule has 4 N–H and O–H groups in total. The topological polar surface area (TPSA) is 97.2 Å². The summed E-state index contributed by atoms with van der Waals surface area (Å²) in [6.07, 6.45) is 0.0930. The van der Waals surface area contributed by atoms with Gasteiger partial charge in [0.15, 0.2) is 0 Å². The summed E-state index contributed by atoms with van der Waals surface area (Å²) in [5, 5.41) is 2.59. The Balaban J connectivity index is 1.82. The fourth-order valence-corrected chi connectivity index (χ4v) is 2.82. The quantitative estimate of drug-likeness (QED) is 0.647. The second-order valence-corrected chi connectivity index (χ2v) is 6.18. The van der Waals surface area contributed by atoms with Gasteiger partial charge in [-0.15, -0.1) is 0 Å². The fraction of sp³-hybridized carbons (Fsp3) is 0.143. The Morgan fingerprint density at radius 2 is 1.78 bits per heavy atom. The van der Waals surface area contributed by atoms with Crippen LogP contribution >= 0.6 is 0 Å². The summed E-state index contributed by atoms with van der Waals surface area (Å²) in [6.45, 7) is 0. The molecule has 0 saturated heterocycles. The van der Waals surface area contributed by atoms with Crippen molar-refractivity contribution in [1.29, 1.82) is 0 Å². The first kappa shape index (κ1) is 18.4. The SMILES string of the molecule is COC(=O)Nc1ccc(-c2cc(C(N)Cc3ccccc3)[nH]c(=O)c2)cc1. The van der Waals surface area contributed by atoms with E-state index in [0.29, 0.717) is 17.8 Å². The number of carbonyl (C=O) groups is 1. The standard InChI is InChI=1S/C21H21N3O3/c1-27-21(26)23-17-9-7-15(8-10-17)16-12-19(24-20(25)13-16)18(22)11-14-5-3-2-4-6-14/h2-10,12-13,18H,11,22H2,1H3,(H,23,26)(H,24,25). The average Bonchev–Trinajstić information content (AvgIpc) is 2.68. The molecule has 0 radical (unpaired) electrons. The number of nitrogens with one attached hydrogen (secondary N) is 2. The molecule has 1 aromatic heterocycles. The lowest BCUT2D eigenvalue weighted by Gasteiger charge is -2.13. The number of aromatic nitrogens is 1. The second-order valence-electron chi connectivity index (χ2n) is 6.18. The maximum absolute atomic E-state index is 12.1. The van der Waals surface area contributed by atoms with Gasteiger partial charge in [-0.25, -0.2) is 4.79 Å². The van der Waals surface area contributed by atoms with Gasteiger partial charge in [0.25, 0.3) is 0 Å². The maximum Gasteiger partial charge on any atom is 0.411 e. The van der Waals surface area contributed by atoms with E-state index in [1.165, 1.54) is 13.2 Å². The van der Waals surface area contributed by atoms with Gasteiger partial charge < -0.3 is 15.5 Å². The minimum Gasteiger partial charge on any atom is -0.453 e. The molecular weight excluding hydrogens is 342 g/mol. The first-order chi connectivity index (χ1) is 13.0. The van der Waals surface area contributed by atoms with Crippen molar-refractivity contribution < 1.29 is 9.53 Å². The highest BCUT2D eigenvalue weighted by Crippen LogP contribution is 2.23. The molecule has 0 spiro atoms. The Bertz CT molecular complexity index is 966. The summed E-state index contributed by atoms with van der Waals surface area (Å²) in [4.78, 5) is 26.2. The number of methoxy groups -OCH3 is 1. The van der Waals surface area contributed by atoms with Crippen molar-refractivity contribution in [1.82, 2.24) is 4.98 Å². The molecule has 1 unspecified atom stereocenters. The number of H-pyrrole nitrogens is 1. The van der Waals surface area contributed by atoms with Gasteiger partial charge in [0.1, 0.15) is 0 Å². The molecule has 0 fully saturated rings. The number of anilines is 1. The maximum atomic E-state index is 12.1. The van der Waals surface area contributed by atoms with E-state index < -0.39 is 6.09 Å². The van der Waals surface area contributed by atoms with E-state index in [1.54, 1.807) is 12.1 Å². The van der Waals surface area contributed by atoms with Gasteiger partial charge >= 0.3 is 6.09 Å². The van der Waals surface area contributed by atoms with Crippen LogP contribution in [0.2, 0.25) is 0 Å². The number of pyridine rings is 1. The van der Waals surface area contributed by atoms with Crippen LogP contribution in [0.15, 0.2) is 71.5 Å². The Morgan fingerprint density at radius 3 is 2.44 bits per heavy atom. The molecule has 1 atom stereocenters. The molecule has 1 amide bonds. The molecular formula is C21H21N3O3. The molecule has 6 nitrogen and oxygen atoms in total. The Hall–Kier alpha value is -3.38. The normalized spacial score (nSPS) is 11.6. The molecule has 0 aliphatic carbocycles. The Labute approximate surface area is 157 Å². The predicted octanol–water partition coefficient (Wildman–Crippen LogP) is 3.46. The van der Waals surface area contributed by atoms with Gasteiger partial charge in [-0.05, 0) is 41.3 Å². The molecule has 0 saturated carbocycles. The molecule has 6 heteroatoms. The zero-order valence-electron chi connectivity index (χ0n) is 14.9. The van der Waals surface area contributed by atoms with Gasteiger partial charge in [0, 0.05) is 23.5 Å². The minimum atomic E-state index is -0.534. The van der Waals surface area contributed by atoms with Gasteiger partial charge in [0.05, 0.1) is 7.11 Å². The van der Waals surface area contributed by atoms with E-state index in [9.17, 15) is 9.59 Å². The number of aromatic amines is 1. The molecule has 0 bridgehead atoms. The average molecular weight is 363 g/mol. The van der Waals surface area contributed by atoms with Crippen molar-refractivity contribution in [3.8, 4) is 11.1 Å². The van der Waals surface area contributed by atoms with Crippen molar-refractivity contribution in [2.45, 2.75) is 12.5 Å². The number of hydrogen-bond acceptors (Lipinski definition) is 4. The third-order valence-corrected chi connectivity index (χ3v) is 4.21. The van der Waals surface area contributed by atoms with Crippen molar-refractivity contribution in [2.24, 2.45) is 5.73 Å². The van der Waals surface area contributed by atoms with Gasteiger partial charge in [0.2, 0.25) is 5.56 Å². The molecule has 138 valence electrons. The number of hydrogen-bond donors (Lipinski definition) is 3. The van der Waals surface area contributed by atoms with E-state index in [4.69, 9.17) is 5.73 Å². The smallest absolute Gasteiger partial charge is 0.411 e. The highest BCUT2D eigenvalue weighted by atomic mass is 16.5. The van der Waals surface area contributed by atoms with Crippen LogP contribution in [0.3, 0.4) is 0 Å². The summed E-state index contributed by atoms with van der Waals surface area (Å²) >= 11 is 0. The van der Waals surface area contributed by atoms with Crippen LogP contribution in [0.5, 0.6) is 0 Å². The lowest BCUT2D eigenvalue weighted by Crippen LogP contribution is -2.19. The number of nitrogens with two attached hydrogens (primary N) is 1. The highest BCUT2D eigenvalue weighted by molar-refractivity contribution is 5.85. The second kappa shape index (κ2) is 8.33. The first-order valence-corrected chi connectivity index (χ1v) is 8.54. The zero-order chi connectivity index (χ0) is 19.2. The van der Waals surface area contributed by atoms with Gasteiger partial charge in [-0.3, -0.25) is 10.1 Å². The van der Waals surface area contributed by atoms with Gasteiger partial charge in [-0.2, -0.15) is 0 Å². The van der Waals surface area contributed by atoms with E-state index >= 15 is 0 Å². The number of ether oxygens (including phenoxy) is 1. The van der Waals surface area contributed by atoms with Crippen LogP contribution in [-0.4, -0.2) is 18.2 Å². The molecule has 1 heterocycles. The third kappa shape index (κ3) is 4.83. The molecule has 0 aliphatic heterocycles. The largest absolute Gasteiger partial charge is 0.453 e. The van der Waals surface area contributed by atoms with Crippen molar-refractivity contribution >= 4 is 11.8 Å².